The first kappa shape index (κ1) is 14.7. The highest BCUT2D eigenvalue weighted by Crippen LogP contribution is 2.22. The predicted octanol–water partition coefficient (Wildman–Crippen LogP) is 0.915. The number of benzene rings is 1. The molecular formula is C12H17ClN2O3S. The van der Waals surface area contributed by atoms with Crippen molar-refractivity contribution in [3.8, 4) is 0 Å². The minimum atomic E-state index is -3.60. The molecule has 1 atom stereocenters. The molecule has 2 N–H and O–H groups in total. The Labute approximate surface area is 118 Å². The highest BCUT2D eigenvalue weighted by molar-refractivity contribution is 7.89. The van der Waals surface area contributed by atoms with Gasteiger partial charge in [-0.2, -0.15) is 0 Å². The van der Waals surface area contributed by atoms with E-state index in [4.69, 9.17) is 16.3 Å². The molecule has 0 aliphatic carbocycles. The quantitative estimate of drug-likeness (QED) is 0.868. The summed E-state index contributed by atoms with van der Waals surface area (Å²) in [5.74, 6) is 0. The molecule has 1 heterocycles. The van der Waals surface area contributed by atoms with Crippen LogP contribution in [0, 0.1) is 6.92 Å². The maximum atomic E-state index is 12.1. The Morgan fingerprint density at radius 3 is 2.95 bits per heavy atom. The van der Waals surface area contributed by atoms with Crippen LogP contribution in [0.4, 0.5) is 0 Å². The van der Waals surface area contributed by atoms with Crippen molar-refractivity contribution in [3.63, 3.8) is 0 Å². The monoisotopic (exact) mass is 304 g/mol. The smallest absolute Gasteiger partial charge is 0.242 e. The second kappa shape index (κ2) is 6.19. The Balaban J connectivity index is 2.05. The van der Waals surface area contributed by atoms with E-state index in [9.17, 15) is 8.42 Å². The zero-order chi connectivity index (χ0) is 13.9. The Bertz CT molecular complexity index is 542. The molecule has 0 aromatic heterocycles. The summed E-state index contributed by atoms with van der Waals surface area (Å²) in [5, 5.41) is 3.38. The Morgan fingerprint density at radius 1 is 1.53 bits per heavy atom. The molecule has 7 heteroatoms. The molecule has 1 unspecified atom stereocenters. The van der Waals surface area contributed by atoms with Crippen molar-refractivity contribution in [2.45, 2.75) is 17.9 Å². The molecule has 2 rings (SSSR count). The van der Waals surface area contributed by atoms with Gasteiger partial charge >= 0.3 is 0 Å². The number of hydrogen-bond acceptors (Lipinski definition) is 4. The van der Waals surface area contributed by atoms with Crippen LogP contribution >= 0.6 is 11.6 Å². The fourth-order valence-corrected chi connectivity index (χ4v) is 3.52. The summed E-state index contributed by atoms with van der Waals surface area (Å²) in [6.45, 7) is 4.13. The Kier molecular flexibility index (Phi) is 4.81. The number of nitrogens with one attached hydrogen (secondary N) is 2. The molecule has 1 aromatic rings. The second-order valence-corrected chi connectivity index (χ2v) is 6.63. The summed E-state index contributed by atoms with van der Waals surface area (Å²) in [6, 6.07) is 4.87. The largest absolute Gasteiger partial charge is 0.374 e. The standard InChI is InChI=1S/C12H17ClN2O3S/c1-9-2-3-12(11(13)6-9)19(16,17)15-8-10-7-14-4-5-18-10/h2-3,6,10,14-15H,4-5,7-8H2,1H3. The van der Waals surface area contributed by atoms with Crippen LogP contribution in [0.5, 0.6) is 0 Å². The fourth-order valence-electron chi connectivity index (χ4n) is 1.86. The van der Waals surface area contributed by atoms with Crippen LogP contribution in [0.15, 0.2) is 23.1 Å². The number of rotatable bonds is 4. The lowest BCUT2D eigenvalue weighted by molar-refractivity contribution is 0.0324. The van der Waals surface area contributed by atoms with E-state index in [1.807, 2.05) is 6.92 Å². The molecule has 106 valence electrons. The van der Waals surface area contributed by atoms with Crippen molar-refractivity contribution in [1.82, 2.24) is 10.0 Å². The average Bonchev–Trinajstić information content (AvgIpc) is 2.37. The van der Waals surface area contributed by atoms with E-state index in [1.165, 1.54) is 6.07 Å². The van der Waals surface area contributed by atoms with E-state index in [2.05, 4.69) is 10.0 Å². The summed E-state index contributed by atoms with van der Waals surface area (Å²) in [6.07, 6.45) is -0.146. The molecule has 1 aromatic carbocycles. The van der Waals surface area contributed by atoms with Gasteiger partial charge in [-0.05, 0) is 24.6 Å². The average molecular weight is 305 g/mol. The van der Waals surface area contributed by atoms with Crippen LogP contribution in [0.25, 0.3) is 0 Å². The van der Waals surface area contributed by atoms with Gasteiger partial charge in [-0.25, -0.2) is 13.1 Å². The number of hydrogen-bond donors (Lipinski definition) is 2. The van der Waals surface area contributed by atoms with Crippen LogP contribution in [-0.2, 0) is 14.8 Å². The van der Waals surface area contributed by atoms with Crippen molar-refractivity contribution >= 4 is 21.6 Å². The fraction of sp³-hybridized carbons (Fsp3) is 0.500. The Morgan fingerprint density at radius 2 is 2.32 bits per heavy atom. The van der Waals surface area contributed by atoms with Gasteiger partial charge in [0, 0.05) is 19.6 Å². The van der Waals surface area contributed by atoms with E-state index >= 15 is 0 Å². The Hall–Kier alpha value is -0.660. The minimum Gasteiger partial charge on any atom is -0.374 e. The normalized spacial score (nSPS) is 20.4. The maximum Gasteiger partial charge on any atom is 0.242 e. The third-order valence-electron chi connectivity index (χ3n) is 2.88. The first-order chi connectivity index (χ1) is 8.99. The van der Waals surface area contributed by atoms with Gasteiger partial charge in [0.1, 0.15) is 4.90 Å². The first-order valence-electron chi connectivity index (χ1n) is 6.07. The molecule has 0 spiro atoms. The van der Waals surface area contributed by atoms with E-state index < -0.39 is 10.0 Å². The molecule has 1 aliphatic rings. The molecular weight excluding hydrogens is 288 g/mol. The maximum absolute atomic E-state index is 12.1. The minimum absolute atomic E-state index is 0.100. The van der Waals surface area contributed by atoms with E-state index in [0.717, 1.165) is 12.1 Å². The summed E-state index contributed by atoms with van der Waals surface area (Å²) in [5.41, 5.74) is 0.920. The second-order valence-electron chi connectivity index (χ2n) is 4.48. The summed E-state index contributed by atoms with van der Waals surface area (Å²) in [7, 11) is -3.60. The van der Waals surface area contributed by atoms with Crippen molar-refractivity contribution in [2.75, 3.05) is 26.2 Å². The number of halogens is 1. The van der Waals surface area contributed by atoms with Crippen LogP contribution in [0.1, 0.15) is 5.56 Å². The van der Waals surface area contributed by atoms with Crippen molar-refractivity contribution < 1.29 is 13.2 Å². The molecule has 0 radical (unpaired) electrons. The van der Waals surface area contributed by atoms with Crippen LogP contribution < -0.4 is 10.0 Å². The van der Waals surface area contributed by atoms with Crippen LogP contribution in [0.2, 0.25) is 5.02 Å². The van der Waals surface area contributed by atoms with E-state index in [1.54, 1.807) is 12.1 Å². The van der Waals surface area contributed by atoms with Gasteiger partial charge in [-0.15, -0.1) is 0 Å². The summed E-state index contributed by atoms with van der Waals surface area (Å²) >= 11 is 5.97. The molecule has 5 nitrogen and oxygen atoms in total. The SMILES string of the molecule is Cc1ccc(S(=O)(=O)NCC2CNCCO2)c(Cl)c1. The lowest BCUT2D eigenvalue weighted by Crippen LogP contribution is -2.45. The zero-order valence-electron chi connectivity index (χ0n) is 10.6. The van der Waals surface area contributed by atoms with Gasteiger partial charge in [0.25, 0.3) is 0 Å². The van der Waals surface area contributed by atoms with E-state index in [-0.39, 0.29) is 22.6 Å². The number of aryl methyl sites for hydroxylation is 1. The number of morpholine rings is 1. The number of sulfonamides is 1. The number of ether oxygens (including phenoxy) is 1. The first-order valence-corrected chi connectivity index (χ1v) is 7.93. The molecule has 1 aliphatic heterocycles. The molecule has 0 amide bonds. The van der Waals surface area contributed by atoms with Crippen molar-refractivity contribution in [3.05, 3.63) is 28.8 Å². The zero-order valence-corrected chi connectivity index (χ0v) is 12.2. The highest BCUT2D eigenvalue weighted by atomic mass is 35.5. The van der Waals surface area contributed by atoms with Gasteiger partial charge in [0.05, 0.1) is 17.7 Å². The highest BCUT2D eigenvalue weighted by Gasteiger charge is 2.21. The predicted molar refractivity (Wildman–Crippen MR) is 74.0 cm³/mol. The van der Waals surface area contributed by atoms with Gasteiger partial charge in [0.15, 0.2) is 0 Å². The van der Waals surface area contributed by atoms with Crippen LogP contribution in [0.3, 0.4) is 0 Å². The molecule has 19 heavy (non-hydrogen) atoms. The topological polar surface area (TPSA) is 67.4 Å². The molecule has 0 saturated carbocycles. The van der Waals surface area contributed by atoms with Crippen LogP contribution in [-0.4, -0.2) is 40.8 Å². The molecule has 1 saturated heterocycles. The summed E-state index contributed by atoms with van der Waals surface area (Å²) in [4.78, 5) is 0.100. The third-order valence-corrected chi connectivity index (χ3v) is 4.79. The van der Waals surface area contributed by atoms with Gasteiger partial charge in [0.2, 0.25) is 10.0 Å². The van der Waals surface area contributed by atoms with Crippen molar-refractivity contribution in [1.29, 1.82) is 0 Å². The lowest BCUT2D eigenvalue weighted by Gasteiger charge is -2.23. The lowest BCUT2D eigenvalue weighted by atomic mass is 10.2. The van der Waals surface area contributed by atoms with Gasteiger partial charge < -0.3 is 10.1 Å². The van der Waals surface area contributed by atoms with E-state index in [0.29, 0.717) is 13.2 Å². The van der Waals surface area contributed by atoms with Gasteiger partial charge in [-0.1, -0.05) is 17.7 Å². The van der Waals surface area contributed by atoms with Gasteiger partial charge in [-0.3, -0.25) is 0 Å². The third kappa shape index (κ3) is 3.90. The molecule has 1 fully saturated rings. The van der Waals surface area contributed by atoms with Crippen molar-refractivity contribution in [2.24, 2.45) is 0 Å². The summed E-state index contributed by atoms with van der Waals surface area (Å²) < 4.78 is 32.2. The molecule has 0 bridgehead atoms.